The van der Waals surface area contributed by atoms with Gasteiger partial charge in [0.05, 0.1) is 6.26 Å². The first-order chi connectivity index (χ1) is 11.4. The number of amides is 1. The van der Waals surface area contributed by atoms with Crippen molar-refractivity contribution in [3.05, 3.63) is 66.6 Å². The Kier molecular flexibility index (Phi) is 4.90. The van der Waals surface area contributed by atoms with Crippen LogP contribution in [0.2, 0.25) is 0 Å². The van der Waals surface area contributed by atoms with Gasteiger partial charge >= 0.3 is 0 Å². The fraction of sp³-hybridized carbons (Fsp3) is 0.118. The minimum Gasteiger partial charge on any atom is -0.459 e. The van der Waals surface area contributed by atoms with Crippen LogP contribution < -0.4 is 10.6 Å². The molecule has 0 aliphatic carbocycles. The van der Waals surface area contributed by atoms with Gasteiger partial charge in [0.1, 0.15) is 6.17 Å². The molecule has 24 heavy (non-hydrogen) atoms. The van der Waals surface area contributed by atoms with Crippen molar-refractivity contribution in [2.75, 3.05) is 5.32 Å². The smallest absolute Gasteiger partial charge is 0.288 e. The fourth-order valence-corrected chi connectivity index (χ4v) is 2.58. The van der Waals surface area contributed by atoms with Crippen molar-refractivity contribution >= 4 is 57.2 Å². The summed E-state index contributed by atoms with van der Waals surface area (Å²) in [6.07, 6.45) is 0.456. The van der Waals surface area contributed by atoms with E-state index in [9.17, 15) is 4.79 Å². The van der Waals surface area contributed by atoms with E-state index in [1.165, 1.54) is 12.3 Å². The minimum absolute atomic E-state index is 0.134. The van der Waals surface area contributed by atoms with Crippen molar-refractivity contribution in [1.82, 2.24) is 5.32 Å². The molecule has 1 heterocycles. The fourth-order valence-electron chi connectivity index (χ4n) is 2.26. The van der Waals surface area contributed by atoms with Gasteiger partial charge in [-0.15, -0.1) is 0 Å². The second-order valence-electron chi connectivity index (χ2n) is 5.13. The summed E-state index contributed by atoms with van der Waals surface area (Å²) in [6.45, 7) is 0. The maximum atomic E-state index is 12.1. The second-order valence-corrected chi connectivity index (χ2v) is 7.50. The number of hydrogen-bond acceptors (Lipinski definition) is 3. The van der Waals surface area contributed by atoms with Crippen molar-refractivity contribution in [3.63, 3.8) is 0 Å². The van der Waals surface area contributed by atoms with E-state index in [-0.39, 0.29) is 5.76 Å². The van der Waals surface area contributed by atoms with Crippen LogP contribution in [0.15, 0.2) is 65.3 Å². The predicted octanol–water partition coefficient (Wildman–Crippen LogP) is 4.97. The van der Waals surface area contributed by atoms with Gasteiger partial charge in [-0.25, -0.2) is 0 Å². The number of halogens is 3. The highest BCUT2D eigenvalue weighted by Crippen LogP contribution is 2.32. The molecule has 0 unspecified atom stereocenters. The van der Waals surface area contributed by atoms with Crippen LogP contribution in [0.3, 0.4) is 0 Å². The average molecular weight is 384 g/mol. The third kappa shape index (κ3) is 3.96. The van der Waals surface area contributed by atoms with Crippen LogP contribution in [0, 0.1) is 0 Å². The van der Waals surface area contributed by atoms with E-state index < -0.39 is 15.9 Å². The normalized spacial score (nSPS) is 12.8. The van der Waals surface area contributed by atoms with E-state index >= 15 is 0 Å². The number of furan rings is 1. The van der Waals surface area contributed by atoms with Gasteiger partial charge in [0, 0.05) is 5.69 Å². The molecule has 0 bridgehead atoms. The minimum atomic E-state index is -1.76. The topological polar surface area (TPSA) is 54.3 Å². The summed E-state index contributed by atoms with van der Waals surface area (Å²) in [6, 6.07) is 16.7. The number of alkyl halides is 3. The van der Waals surface area contributed by atoms with E-state index in [4.69, 9.17) is 39.2 Å². The molecule has 2 aromatic carbocycles. The molecule has 1 aromatic heterocycles. The van der Waals surface area contributed by atoms with Crippen molar-refractivity contribution in [2.24, 2.45) is 0 Å². The lowest BCUT2D eigenvalue weighted by molar-refractivity contribution is 0.0914. The first-order valence-corrected chi connectivity index (χ1v) is 8.23. The third-order valence-electron chi connectivity index (χ3n) is 3.41. The maximum Gasteiger partial charge on any atom is 0.288 e. The van der Waals surface area contributed by atoms with Gasteiger partial charge in [0.25, 0.3) is 5.91 Å². The lowest BCUT2D eigenvalue weighted by Crippen LogP contribution is -2.49. The van der Waals surface area contributed by atoms with Gasteiger partial charge in [-0.2, -0.15) is 0 Å². The highest BCUT2D eigenvalue weighted by molar-refractivity contribution is 6.68. The Morgan fingerprint density at radius 3 is 2.42 bits per heavy atom. The molecule has 7 heteroatoms. The van der Waals surface area contributed by atoms with Crippen molar-refractivity contribution in [2.45, 2.75) is 9.96 Å². The van der Waals surface area contributed by atoms with Crippen LogP contribution in [-0.4, -0.2) is 15.9 Å². The van der Waals surface area contributed by atoms with Gasteiger partial charge in [-0.1, -0.05) is 65.1 Å². The Balaban J connectivity index is 1.82. The van der Waals surface area contributed by atoms with Crippen LogP contribution >= 0.6 is 34.8 Å². The van der Waals surface area contributed by atoms with E-state index in [1.807, 2.05) is 42.5 Å². The lowest BCUT2D eigenvalue weighted by atomic mass is 10.1. The number of hydrogen-bond donors (Lipinski definition) is 2. The molecule has 0 fully saturated rings. The molecule has 0 aliphatic heterocycles. The second kappa shape index (κ2) is 6.93. The molecule has 2 N–H and O–H groups in total. The first-order valence-electron chi connectivity index (χ1n) is 7.10. The zero-order valence-electron chi connectivity index (χ0n) is 12.3. The molecule has 124 valence electrons. The molecule has 4 nitrogen and oxygen atoms in total. The number of benzene rings is 2. The van der Waals surface area contributed by atoms with Gasteiger partial charge in [-0.05, 0) is 35.0 Å². The zero-order chi connectivity index (χ0) is 17.2. The number of nitrogens with one attached hydrogen (secondary N) is 2. The average Bonchev–Trinajstić information content (AvgIpc) is 3.08. The quantitative estimate of drug-likeness (QED) is 0.494. The van der Waals surface area contributed by atoms with E-state index in [0.29, 0.717) is 5.69 Å². The monoisotopic (exact) mass is 382 g/mol. The van der Waals surface area contributed by atoms with Gasteiger partial charge in [-0.3, -0.25) is 4.79 Å². The standard InChI is InChI=1S/C17H13Cl3N2O2/c18-17(19,20)16(22-15(23)14-6-3-9-24-14)21-13-8-7-11-4-1-2-5-12(11)10-13/h1-10,16,21H,(H,22,23)/t16-/m0/s1. The van der Waals surface area contributed by atoms with Crippen LogP contribution in [0.25, 0.3) is 10.8 Å². The van der Waals surface area contributed by atoms with Crippen molar-refractivity contribution in [3.8, 4) is 0 Å². The Morgan fingerprint density at radius 1 is 1.00 bits per heavy atom. The summed E-state index contributed by atoms with van der Waals surface area (Å²) in [7, 11) is 0. The molecule has 1 atom stereocenters. The zero-order valence-corrected chi connectivity index (χ0v) is 14.6. The van der Waals surface area contributed by atoms with Crippen LogP contribution in [-0.2, 0) is 0 Å². The first kappa shape index (κ1) is 17.0. The van der Waals surface area contributed by atoms with Crippen molar-refractivity contribution < 1.29 is 9.21 Å². The molecular formula is C17H13Cl3N2O2. The Hall–Kier alpha value is -1.88. The lowest BCUT2D eigenvalue weighted by Gasteiger charge is -2.27. The maximum absolute atomic E-state index is 12.1. The van der Waals surface area contributed by atoms with Gasteiger partial charge < -0.3 is 15.1 Å². The molecule has 0 radical (unpaired) electrons. The number of rotatable bonds is 4. The van der Waals surface area contributed by atoms with Crippen LogP contribution in [0.5, 0.6) is 0 Å². The SMILES string of the molecule is O=C(N[C@H](Nc1ccc2ccccc2c1)C(Cl)(Cl)Cl)c1ccco1. The Bertz CT molecular complexity index is 844. The summed E-state index contributed by atoms with van der Waals surface area (Å²) in [4.78, 5) is 12.1. The molecule has 3 aromatic rings. The van der Waals surface area contributed by atoms with E-state index in [1.54, 1.807) is 6.07 Å². The van der Waals surface area contributed by atoms with Crippen LogP contribution in [0.1, 0.15) is 10.6 Å². The van der Waals surface area contributed by atoms with Crippen molar-refractivity contribution in [1.29, 1.82) is 0 Å². The Labute approximate surface area is 153 Å². The summed E-state index contributed by atoms with van der Waals surface area (Å²) in [5.41, 5.74) is 0.713. The molecule has 0 saturated carbocycles. The molecular weight excluding hydrogens is 371 g/mol. The molecule has 0 saturated heterocycles. The largest absolute Gasteiger partial charge is 0.459 e. The third-order valence-corrected chi connectivity index (χ3v) is 4.06. The predicted molar refractivity (Wildman–Crippen MR) is 97.8 cm³/mol. The number of carbonyl (C=O) groups is 1. The highest BCUT2D eigenvalue weighted by atomic mass is 35.6. The molecule has 3 rings (SSSR count). The summed E-state index contributed by atoms with van der Waals surface area (Å²) in [5, 5.41) is 7.77. The summed E-state index contributed by atoms with van der Waals surface area (Å²) in [5.74, 6) is -0.348. The number of anilines is 1. The Morgan fingerprint density at radius 2 is 1.75 bits per heavy atom. The summed E-state index contributed by atoms with van der Waals surface area (Å²) < 4.78 is 3.29. The van der Waals surface area contributed by atoms with Gasteiger partial charge in [0.15, 0.2) is 5.76 Å². The molecule has 1 amide bonds. The number of carbonyl (C=O) groups excluding carboxylic acids is 1. The highest BCUT2D eigenvalue weighted by Gasteiger charge is 2.34. The van der Waals surface area contributed by atoms with Gasteiger partial charge in [0.2, 0.25) is 3.79 Å². The van der Waals surface area contributed by atoms with Crippen LogP contribution in [0.4, 0.5) is 5.69 Å². The van der Waals surface area contributed by atoms with E-state index in [2.05, 4.69) is 10.6 Å². The molecule has 0 aliphatic rings. The summed E-state index contributed by atoms with van der Waals surface area (Å²) >= 11 is 18.0. The number of fused-ring (bicyclic) bond motifs is 1. The molecule has 0 spiro atoms. The van der Waals surface area contributed by atoms with E-state index in [0.717, 1.165) is 10.8 Å².